The van der Waals surface area contributed by atoms with Crippen molar-refractivity contribution in [3.63, 3.8) is 0 Å². The van der Waals surface area contributed by atoms with Gasteiger partial charge in [-0.15, -0.1) is 0 Å². The highest BCUT2D eigenvalue weighted by molar-refractivity contribution is 5.83. The van der Waals surface area contributed by atoms with Crippen LogP contribution in [0.25, 0.3) is 0 Å². The van der Waals surface area contributed by atoms with Gasteiger partial charge in [-0.25, -0.2) is 13.8 Å². The second kappa shape index (κ2) is 7.22. The van der Waals surface area contributed by atoms with Crippen molar-refractivity contribution in [2.75, 3.05) is 0 Å². The number of ether oxygens (including phenoxy) is 1. The van der Waals surface area contributed by atoms with Gasteiger partial charge in [0.05, 0.1) is 11.5 Å². The lowest BCUT2D eigenvalue weighted by molar-refractivity contribution is 0.459. The molecule has 0 radical (unpaired) electrons. The molecule has 2 aromatic rings. The molecule has 0 aromatic heterocycles. The predicted octanol–water partition coefficient (Wildman–Crippen LogP) is 5.16. The normalized spacial score (nSPS) is 11.6. The first kappa shape index (κ1) is 16.9. The second-order valence-electron chi connectivity index (χ2n) is 5.44. The van der Waals surface area contributed by atoms with Crippen molar-refractivity contribution in [1.29, 1.82) is 0 Å². The molecule has 122 valence electrons. The van der Waals surface area contributed by atoms with Gasteiger partial charge < -0.3 is 10.5 Å². The molecule has 23 heavy (non-hydrogen) atoms. The molecular weight excluding hydrogens is 298 g/mol. The van der Waals surface area contributed by atoms with E-state index in [4.69, 9.17) is 10.5 Å². The molecule has 0 fully saturated rings. The van der Waals surface area contributed by atoms with Crippen LogP contribution in [0.1, 0.15) is 30.9 Å². The lowest BCUT2D eigenvalue weighted by Crippen LogP contribution is -2.10. The molecule has 2 N–H and O–H groups in total. The zero-order valence-corrected chi connectivity index (χ0v) is 13.5. The van der Waals surface area contributed by atoms with Crippen LogP contribution in [-0.4, -0.2) is 5.84 Å². The first-order valence-corrected chi connectivity index (χ1v) is 7.48. The number of aliphatic imine (C=N–C) groups is 1. The predicted molar refractivity (Wildman–Crippen MR) is 88.5 cm³/mol. The third kappa shape index (κ3) is 4.28. The fourth-order valence-corrected chi connectivity index (χ4v) is 2.14. The van der Waals surface area contributed by atoms with E-state index >= 15 is 0 Å². The average molecular weight is 318 g/mol. The SMILES string of the molecule is CCCC(N)=Nc1cc(C)c(Oc2ccc(F)c(F)c2)cc1C. The number of aryl methyl sites for hydroxylation is 2. The van der Waals surface area contributed by atoms with Gasteiger partial charge in [0.2, 0.25) is 0 Å². The highest BCUT2D eigenvalue weighted by Gasteiger charge is 2.09. The van der Waals surface area contributed by atoms with Crippen LogP contribution in [0.2, 0.25) is 0 Å². The molecule has 0 atom stereocenters. The molecule has 0 heterocycles. The molecule has 0 aliphatic carbocycles. The zero-order chi connectivity index (χ0) is 17.0. The van der Waals surface area contributed by atoms with Gasteiger partial charge in [-0.1, -0.05) is 6.92 Å². The van der Waals surface area contributed by atoms with Crippen LogP contribution in [0.15, 0.2) is 35.3 Å². The Hall–Kier alpha value is -2.43. The van der Waals surface area contributed by atoms with Gasteiger partial charge in [0.1, 0.15) is 11.5 Å². The Morgan fingerprint density at radius 3 is 2.48 bits per heavy atom. The van der Waals surface area contributed by atoms with Crippen molar-refractivity contribution in [3.8, 4) is 11.5 Å². The van der Waals surface area contributed by atoms with Crippen molar-refractivity contribution >= 4 is 11.5 Å². The quantitative estimate of drug-likeness (QED) is 0.611. The maximum absolute atomic E-state index is 13.3. The fourth-order valence-electron chi connectivity index (χ4n) is 2.14. The van der Waals surface area contributed by atoms with E-state index in [-0.39, 0.29) is 5.75 Å². The van der Waals surface area contributed by atoms with Crippen LogP contribution >= 0.6 is 0 Å². The van der Waals surface area contributed by atoms with E-state index < -0.39 is 11.6 Å². The Kier molecular flexibility index (Phi) is 5.32. The van der Waals surface area contributed by atoms with Crippen molar-refractivity contribution in [3.05, 3.63) is 53.1 Å². The summed E-state index contributed by atoms with van der Waals surface area (Å²) < 4.78 is 31.9. The minimum Gasteiger partial charge on any atom is -0.457 e. The van der Waals surface area contributed by atoms with E-state index in [9.17, 15) is 8.78 Å². The Balaban J connectivity index is 2.29. The Morgan fingerprint density at radius 2 is 1.83 bits per heavy atom. The van der Waals surface area contributed by atoms with Crippen molar-refractivity contribution < 1.29 is 13.5 Å². The molecule has 0 amide bonds. The first-order chi connectivity index (χ1) is 10.9. The number of nitrogens with zero attached hydrogens (tertiary/aromatic N) is 1. The maximum Gasteiger partial charge on any atom is 0.162 e. The number of hydrogen-bond donors (Lipinski definition) is 1. The van der Waals surface area contributed by atoms with Gasteiger partial charge in [-0.3, -0.25) is 0 Å². The molecule has 0 bridgehead atoms. The summed E-state index contributed by atoms with van der Waals surface area (Å²) in [5, 5.41) is 0. The molecule has 0 saturated heterocycles. The molecule has 0 spiro atoms. The summed E-state index contributed by atoms with van der Waals surface area (Å²) >= 11 is 0. The lowest BCUT2D eigenvalue weighted by Gasteiger charge is -2.12. The molecule has 0 aliphatic rings. The molecule has 0 saturated carbocycles. The minimum absolute atomic E-state index is 0.244. The smallest absolute Gasteiger partial charge is 0.162 e. The molecule has 0 unspecified atom stereocenters. The largest absolute Gasteiger partial charge is 0.457 e. The Morgan fingerprint density at radius 1 is 1.09 bits per heavy atom. The van der Waals surface area contributed by atoms with Gasteiger partial charge >= 0.3 is 0 Å². The van der Waals surface area contributed by atoms with Crippen LogP contribution in [-0.2, 0) is 0 Å². The second-order valence-corrected chi connectivity index (χ2v) is 5.44. The Labute approximate surface area is 134 Å². The summed E-state index contributed by atoms with van der Waals surface area (Å²) in [7, 11) is 0. The number of halogens is 2. The van der Waals surface area contributed by atoms with Gasteiger partial charge in [0, 0.05) is 12.5 Å². The minimum atomic E-state index is -0.939. The number of rotatable bonds is 5. The number of hydrogen-bond acceptors (Lipinski definition) is 2. The average Bonchev–Trinajstić information content (AvgIpc) is 2.48. The van der Waals surface area contributed by atoms with Crippen molar-refractivity contribution in [2.45, 2.75) is 33.6 Å². The molecule has 2 aromatic carbocycles. The summed E-state index contributed by atoms with van der Waals surface area (Å²) in [4.78, 5) is 4.41. The highest BCUT2D eigenvalue weighted by atomic mass is 19.2. The molecule has 5 heteroatoms. The summed E-state index contributed by atoms with van der Waals surface area (Å²) in [5.41, 5.74) is 8.38. The third-order valence-electron chi connectivity index (χ3n) is 3.38. The van der Waals surface area contributed by atoms with Crippen molar-refractivity contribution in [1.82, 2.24) is 0 Å². The molecule has 3 nitrogen and oxygen atoms in total. The van der Waals surface area contributed by atoms with Crippen LogP contribution in [0, 0.1) is 25.5 Å². The molecule has 2 rings (SSSR count). The van der Waals surface area contributed by atoms with E-state index in [0.29, 0.717) is 11.6 Å². The zero-order valence-electron chi connectivity index (χ0n) is 13.5. The van der Waals surface area contributed by atoms with Crippen LogP contribution < -0.4 is 10.5 Å². The van der Waals surface area contributed by atoms with Crippen LogP contribution in [0.5, 0.6) is 11.5 Å². The summed E-state index contributed by atoms with van der Waals surface area (Å²) in [6, 6.07) is 7.13. The van der Waals surface area contributed by atoms with E-state index in [1.54, 1.807) is 0 Å². The van der Waals surface area contributed by atoms with Crippen molar-refractivity contribution in [2.24, 2.45) is 10.7 Å². The maximum atomic E-state index is 13.3. The summed E-state index contributed by atoms with van der Waals surface area (Å²) in [6.07, 6.45) is 1.68. The monoisotopic (exact) mass is 318 g/mol. The highest BCUT2D eigenvalue weighted by Crippen LogP contribution is 2.32. The van der Waals surface area contributed by atoms with Crippen LogP contribution in [0.4, 0.5) is 14.5 Å². The lowest BCUT2D eigenvalue weighted by atomic mass is 10.1. The van der Waals surface area contributed by atoms with Gasteiger partial charge in [0.15, 0.2) is 11.6 Å². The first-order valence-electron chi connectivity index (χ1n) is 7.48. The standard InChI is InChI=1S/C18H20F2N2O/c1-4-5-18(21)22-16-8-12(3)17(9-11(16)2)23-13-6-7-14(19)15(20)10-13/h6-10H,4-5H2,1-3H3,(H2,21,22). The van der Waals surface area contributed by atoms with Crippen LogP contribution in [0.3, 0.4) is 0 Å². The fraction of sp³-hybridized carbons (Fsp3) is 0.278. The molecule has 0 aliphatic heterocycles. The van der Waals surface area contributed by atoms with E-state index in [2.05, 4.69) is 4.99 Å². The summed E-state index contributed by atoms with van der Waals surface area (Å²) in [6.45, 7) is 5.80. The number of nitrogens with two attached hydrogens (primary N) is 1. The van der Waals surface area contributed by atoms with Gasteiger partial charge in [-0.2, -0.15) is 0 Å². The number of amidine groups is 1. The van der Waals surface area contributed by atoms with Gasteiger partial charge in [0.25, 0.3) is 0 Å². The van der Waals surface area contributed by atoms with E-state index in [1.165, 1.54) is 6.07 Å². The van der Waals surface area contributed by atoms with E-state index in [1.807, 2.05) is 32.9 Å². The van der Waals surface area contributed by atoms with E-state index in [0.717, 1.165) is 41.8 Å². The molecular formula is C18H20F2N2O. The topological polar surface area (TPSA) is 47.6 Å². The Bertz CT molecular complexity index is 742. The third-order valence-corrected chi connectivity index (χ3v) is 3.38. The van der Waals surface area contributed by atoms with Gasteiger partial charge in [-0.05, 0) is 55.7 Å². The number of benzene rings is 2. The summed E-state index contributed by atoms with van der Waals surface area (Å²) in [5.74, 6) is -0.439.